The second kappa shape index (κ2) is 6.37. The average Bonchev–Trinajstić information content (AvgIpc) is 2.40. The van der Waals surface area contributed by atoms with Crippen LogP contribution in [0.4, 0.5) is 11.6 Å². The van der Waals surface area contributed by atoms with Crippen molar-refractivity contribution < 1.29 is 4.74 Å². The third-order valence-corrected chi connectivity index (χ3v) is 3.62. The van der Waals surface area contributed by atoms with Crippen molar-refractivity contribution in [3.8, 4) is 0 Å². The van der Waals surface area contributed by atoms with Crippen molar-refractivity contribution in [2.24, 2.45) is 5.84 Å². The Hall–Kier alpha value is -1.40. The Morgan fingerprint density at radius 1 is 1.40 bits per heavy atom. The summed E-state index contributed by atoms with van der Waals surface area (Å²) in [5, 5.41) is 3.54. The van der Waals surface area contributed by atoms with Gasteiger partial charge in [0, 0.05) is 18.2 Å². The van der Waals surface area contributed by atoms with Crippen LogP contribution < -0.4 is 16.6 Å². The van der Waals surface area contributed by atoms with E-state index >= 15 is 0 Å². The lowest BCUT2D eigenvalue weighted by molar-refractivity contribution is -0.0553. The van der Waals surface area contributed by atoms with Crippen LogP contribution in [0.3, 0.4) is 0 Å². The number of ether oxygens (including phenoxy) is 1. The predicted molar refractivity (Wildman–Crippen MR) is 80.5 cm³/mol. The van der Waals surface area contributed by atoms with Crippen LogP contribution >= 0.6 is 0 Å². The summed E-state index contributed by atoms with van der Waals surface area (Å²) in [6.07, 6.45) is 5.42. The summed E-state index contributed by atoms with van der Waals surface area (Å²) in [4.78, 5) is 8.58. The molecule has 1 aromatic heterocycles. The van der Waals surface area contributed by atoms with E-state index in [9.17, 15) is 0 Å². The van der Waals surface area contributed by atoms with Gasteiger partial charge in [-0.3, -0.25) is 0 Å². The molecule has 1 saturated heterocycles. The molecule has 1 aliphatic rings. The normalized spacial score (nSPS) is 21.5. The molecule has 0 radical (unpaired) electrons. The first-order valence-corrected chi connectivity index (χ1v) is 7.26. The van der Waals surface area contributed by atoms with Crippen molar-refractivity contribution in [1.82, 2.24) is 9.97 Å². The molecule has 0 bridgehead atoms. The summed E-state index contributed by atoms with van der Waals surface area (Å²) in [5.74, 6) is 7.13. The molecule has 20 heavy (non-hydrogen) atoms. The SMILES string of the molecule is CCCc1c(NN)ncnc1NC1CCOC(C)(C)C1. The number of rotatable bonds is 5. The van der Waals surface area contributed by atoms with Crippen LogP contribution in [-0.2, 0) is 11.2 Å². The van der Waals surface area contributed by atoms with Gasteiger partial charge in [-0.05, 0) is 33.1 Å². The second-order valence-electron chi connectivity index (χ2n) is 5.89. The van der Waals surface area contributed by atoms with E-state index in [1.807, 2.05) is 0 Å². The molecule has 0 saturated carbocycles. The molecule has 6 nitrogen and oxygen atoms in total. The first-order valence-electron chi connectivity index (χ1n) is 7.26. The van der Waals surface area contributed by atoms with E-state index in [2.05, 4.69) is 41.5 Å². The molecule has 1 atom stereocenters. The number of nitrogen functional groups attached to an aromatic ring is 1. The molecule has 0 amide bonds. The van der Waals surface area contributed by atoms with Gasteiger partial charge >= 0.3 is 0 Å². The third kappa shape index (κ3) is 3.58. The molecule has 0 aliphatic carbocycles. The highest BCUT2D eigenvalue weighted by Crippen LogP contribution is 2.28. The van der Waals surface area contributed by atoms with Gasteiger partial charge in [0.1, 0.15) is 18.0 Å². The van der Waals surface area contributed by atoms with E-state index in [1.165, 1.54) is 0 Å². The van der Waals surface area contributed by atoms with Crippen LogP contribution in [0.25, 0.3) is 0 Å². The first-order chi connectivity index (χ1) is 9.55. The Bertz CT molecular complexity index is 449. The van der Waals surface area contributed by atoms with Gasteiger partial charge in [-0.25, -0.2) is 15.8 Å². The van der Waals surface area contributed by atoms with E-state index in [1.54, 1.807) is 6.33 Å². The molecule has 2 heterocycles. The molecule has 0 aromatic carbocycles. The third-order valence-electron chi connectivity index (χ3n) is 3.62. The molecule has 6 heteroatoms. The summed E-state index contributed by atoms with van der Waals surface area (Å²) >= 11 is 0. The van der Waals surface area contributed by atoms with Crippen LogP contribution in [0.2, 0.25) is 0 Å². The van der Waals surface area contributed by atoms with Crippen LogP contribution in [0, 0.1) is 0 Å². The highest BCUT2D eigenvalue weighted by atomic mass is 16.5. The number of hydrogen-bond donors (Lipinski definition) is 3. The molecule has 2 rings (SSSR count). The smallest absolute Gasteiger partial charge is 0.148 e. The maximum atomic E-state index is 5.75. The Kier molecular flexibility index (Phi) is 4.77. The predicted octanol–water partition coefficient (Wildman–Crippen LogP) is 2.08. The fourth-order valence-electron chi connectivity index (χ4n) is 2.70. The number of hydrazine groups is 1. The lowest BCUT2D eigenvalue weighted by Crippen LogP contribution is -2.40. The zero-order valence-electron chi connectivity index (χ0n) is 12.6. The molecular weight excluding hydrogens is 254 g/mol. The zero-order chi connectivity index (χ0) is 14.6. The highest BCUT2D eigenvalue weighted by molar-refractivity contribution is 5.57. The van der Waals surface area contributed by atoms with Gasteiger partial charge in [-0.2, -0.15) is 0 Å². The van der Waals surface area contributed by atoms with Gasteiger partial charge in [0.2, 0.25) is 0 Å². The van der Waals surface area contributed by atoms with Gasteiger partial charge in [-0.1, -0.05) is 13.3 Å². The van der Waals surface area contributed by atoms with E-state index in [0.29, 0.717) is 11.9 Å². The fraction of sp³-hybridized carbons (Fsp3) is 0.714. The lowest BCUT2D eigenvalue weighted by Gasteiger charge is -2.36. The maximum Gasteiger partial charge on any atom is 0.148 e. The van der Waals surface area contributed by atoms with Crippen LogP contribution in [0.15, 0.2) is 6.33 Å². The van der Waals surface area contributed by atoms with Gasteiger partial charge < -0.3 is 15.5 Å². The van der Waals surface area contributed by atoms with Crippen molar-refractivity contribution >= 4 is 11.6 Å². The number of hydrogen-bond acceptors (Lipinski definition) is 6. The van der Waals surface area contributed by atoms with E-state index < -0.39 is 0 Å². The van der Waals surface area contributed by atoms with Gasteiger partial charge in [0.25, 0.3) is 0 Å². The zero-order valence-corrected chi connectivity index (χ0v) is 12.6. The number of nitrogens with one attached hydrogen (secondary N) is 2. The summed E-state index contributed by atoms with van der Waals surface area (Å²) in [6, 6.07) is 0.370. The quantitative estimate of drug-likeness (QED) is 0.565. The molecule has 1 aromatic rings. The number of aromatic nitrogens is 2. The van der Waals surface area contributed by atoms with Crippen LogP contribution in [-0.4, -0.2) is 28.2 Å². The molecule has 0 spiro atoms. The Morgan fingerprint density at radius 2 is 2.15 bits per heavy atom. The number of nitrogens with two attached hydrogens (primary N) is 1. The molecule has 4 N–H and O–H groups in total. The molecule has 1 aliphatic heterocycles. The highest BCUT2D eigenvalue weighted by Gasteiger charge is 2.29. The maximum absolute atomic E-state index is 5.75. The molecule has 1 fully saturated rings. The molecule has 1 unspecified atom stereocenters. The van der Waals surface area contributed by atoms with Gasteiger partial charge in [0.05, 0.1) is 5.60 Å². The Balaban J connectivity index is 2.16. The van der Waals surface area contributed by atoms with Crippen molar-refractivity contribution in [1.29, 1.82) is 0 Å². The summed E-state index contributed by atoms with van der Waals surface area (Å²) in [7, 11) is 0. The molecule has 112 valence electrons. The molecular formula is C14H25N5O. The van der Waals surface area contributed by atoms with E-state index in [0.717, 1.165) is 43.7 Å². The van der Waals surface area contributed by atoms with Crippen LogP contribution in [0.5, 0.6) is 0 Å². The standard InChI is InChI=1S/C14H25N5O/c1-4-5-11-12(16-9-17-13(11)19-15)18-10-6-7-20-14(2,3)8-10/h9-10H,4-8,15H2,1-3H3,(H2,16,17,18,19). The minimum atomic E-state index is -0.0805. The fourth-order valence-corrected chi connectivity index (χ4v) is 2.70. The summed E-state index contributed by atoms with van der Waals surface area (Å²) in [5.41, 5.74) is 3.64. The average molecular weight is 279 g/mol. The van der Waals surface area contributed by atoms with Crippen LogP contribution in [0.1, 0.15) is 45.6 Å². The van der Waals surface area contributed by atoms with Crippen molar-refractivity contribution in [2.75, 3.05) is 17.3 Å². The van der Waals surface area contributed by atoms with Gasteiger partial charge in [-0.15, -0.1) is 0 Å². The Labute approximate surface area is 120 Å². The van der Waals surface area contributed by atoms with Gasteiger partial charge in [0.15, 0.2) is 0 Å². The minimum absolute atomic E-state index is 0.0805. The second-order valence-corrected chi connectivity index (χ2v) is 5.89. The first kappa shape index (κ1) is 15.0. The van der Waals surface area contributed by atoms with Crippen molar-refractivity contribution in [3.05, 3.63) is 11.9 Å². The Morgan fingerprint density at radius 3 is 2.80 bits per heavy atom. The topological polar surface area (TPSA) is 85.1 Å². The minimum Gasteiger partial charge on any atom is -0.375 e. The largest absolute Gasteiger partial charge is 0.375 e. The van der Waals surface area contributed by atoms with E-state index in [4.69, 9.17) is 10.6 Å². The summed E-state index contributed by atoms with van der Waals surface area (Å²) < 4.78 is 5.75. The lowest BCUT2D eigenvalue weighted by atomic mass is 9.94. The number of nitrogens with zero attached hydrogens (tertiary/aromatic N) is 2. The van der Waals surface area contributed by atoms with Crippen molar-refractivity contribution in [2.45, 2.75) is 58.1 Å². The van der Waals surface area contributed by atoms with E-state index in [-0.39, 0.29) is 5.60 Å². The van der Waals surface area contributed by atoms with Crippen molar-refractivity contribution in [3.63, 3.8) is 0 Å². The monoisotopic (exact) mass is 279 g/mol. The summed E-state index contributed by atoms with van der Waals surface area (Å²) in [6.45, 7) is 7.16. The number of anilines is 2.